The summed E-state index contributed by atoms with van der Waals surface area (Å²) in [7, 11) is 0. The minimum absolute atomic E-state index is 0.424. The lowest BCUT2D eigenvalue weighted by atomic mass is 10.1. The first kappa shape index (κ1) is 13.1. The number of halogens is 2. The number of pyridine rings is 1. The van der Waals surface area contributed by atoms with Gasteiger partial charge in [0.15, 0.2) is 0 Å². The van der Waals surface area contributed by atoms with Gasteiger partial charge < -0.3 is 9.84 Å². The van der Waals surface area contributed by atoms with E-state index in [-0.39, 0.29) is 0 Å². The van der Waals surface area contributed by atoms with Gasteiger partial charge in [-0.2, -0.15) is 0 Å². The third-order valence-corrected chi connectivity index (χ3v) is 2.85. The Morgan fingerprint density at radius 1 is 1.22 bits per heavy atom. The number of hydrogen-bond donors (Lipinski definition) is 1. The van der Waals surface area contributed by atoms with Crippen LogP contribution in [0.4, 0.5) is 0 Å². The molecule has 2 rings (SSSR count). The first-order valence-corrected chi connectivity index (χ1v) is 6.08. The van der Waals surface area contributed by atoms with Crippen molar-refractivity contribution < 1.29 is 9.84 Å². The van der Waals surface area contributed by atoms with Crippen molar-refractivity contribution in [3.8, 4) is 11.5 Å². The Morgan fingerprint density at radius 3 is 2.61 bits per heavy atom. The molecule has 1 heterocycles. The van der Waals surface area contributed by atoms with Crippen molar-refractivity contribution >= 4 is 23.2 Å². The predicted octanol–water partition coefficient (Wildman–Crippen LogP) is 4.23. The van der Waals surface area contributed by atoms with Crippen LogP contribution >= 0.6 is 23.2 Å². The van der Waals surface area contributed by atoms with E-state index in [4.69, 9.17) is 27.9 Å². The summed E-state index contributed by atoms with van der Waals surface area (Å²) >= 11 is 11.9. The van der Waals surface area contributed by atoms with Crippen molar-refractivity contribution in [2.45, 2.75) is 13.0 Å². The molecule has 3 nitrogen and oxygen atoms in total. The number of aliphatic hydroxyl groups excluding tert-OH is 1. The smallest absolute Gasteiger partial charge is 0.147 e. The van der Waals surface area contributed by atoms with Crippen molar-refractivity contribution in [2.75, 3.05) is 0 Å². The lowest BCUT2D eigenvalue weighted by molar-refractivity contribution is 0.199. The van der Waals surface area contributed by atoms with Gasteiger partial charge in [-0.05, 0) is 24.6 Å². The van der Waals surface area contributed by atoms with Crippen LogP contribution in [0.3, 0.4) is 0 Å². The van der Waals surface area contributed by atoms with E-state index >= 15 is 0 Å². The van der Waals surface area contributed by atoms with Gasteiger partial charge in [-0.1, -0.05) is 29.3 Å². The molecule has 0 radical (unpaired) electrons. The maximum atomic E-state index is 9.44. The molecule has 0 fully saturated rings. The fourth-order valence-corrected chi connectivity index (χ4v) is 1.83. The molecule has 1 aromatic carbocycles. The zero-order valence-corrected chi connectivity index (χ0v) is 11.1. The molecule has 1 unspecified atom stereocenters. The van der Waals surface area contributed by atoms with E-state index in [2.05, 4.69) is 4.98 Å². The first-order chi connectivity index (χ1) is 8.56. The van der Waals surface area contributed by atoms with E-state index in [0.29, 0.717) is 21.5 Å². The predicted molar refractivity (Wildman–Crippen MR) is 71.4 cm³/mol. The number of hydrogen-bond acceptors (Lipinski definition) is 3. The zero-order chi connectivity index (χ0) is 13.1. The highest BCUT2D eigenvalue weighted by Crippen LogP contribution is 2.32. The quantitative estimate of drug-likeness (QED) is 0.916. The summed E-state index contributed by atoms with van der Waals surface area (Å²) in [6.45, 7) is 1.67. The summed E-state index contributed by atoms with van der Waals surface area (Å²) in [5.41, 5.74) is 0.733. The van der Waals surface area contributed by atoms with Crippen LogP contribution in [0.25, 0.3) is 0 Å². The zero-order valence-electron chi connectivity index (χ0n) is 9.60. The van der Waals surface area contributed by atoms with Gasteiger partial charge in [0.2, 0.25) is 0 Å². The van der Waals surface area contributed by atoms with Crippen LogP contribution in [0.2, 0.25) is 10.0 Å². The van der Waals surface area contributed by atoms with Crippen molar-refractivity contribution in [3.63, 3.8) is 0 Å². The number of aliphatic hydroxyl groups is 1. The van der Waals surface area contributed by atoms with Crippen molar-refractivity contribution in [1.29, 1.82) is 0 Å². The average Bonchev–Trinajstić information content (AvgIpc) is 2.31. The second kappa shape index (κ2) is 5.57. The van der Waals surface area contributed by atoms with Crippen LogP contribution < -0.4 is 4.74 Å². The molecular weight excluding hydrogens is 273 g/mol. The van der Waals surface area contributed by atoms with Crippen LogP contribution in [-0.4, -0.2) is 10.1 Å². The van der Waals surface area contributed by atoms with Gasteiger partial charge in [0.1, 0.15) is 11.5 Å². The lowest BCUT2D eigenvalue weighted by Crippen LogP contribution is -1.92. The molecule has 1 aromatic heterocycles. The molecule has 0 saturated carbocycles. The van der Waals surface area contributed by atoms with E-state index in [1.54, 1.807) is 37.4 Å². The number of aromatic nitrogens is 1. The molecule has 0 amide bonds. The van der Waals surface area contributed by atoms with Crippen LogP contribution in [0.5, 0.6) is 11.5 Å². The SMILES string of the molecule is CC(O)c1ccc(Oc2cncc(Cl)c2)c(Cl)c1. The summed E-state index contributed by atoms with van der Waals surface area (Å²) < 4.78 is 5.56. The van der Waals surface area contributed by atoms with Crippen LogP contribution in [0, 0.1) is 0 Å². The highest BCUT2D eigenvalue weighted by atomic mass is 35.5. The second-order valence-electron chi connectivity index (χ2n) is 3.81. The summed E-state index contributed by atoms with van der Waals surface area (Å²) in [5, 5.41) is 10.4. The van der Waals surface area contributed by atoms with Crippen LogP contribution in [0.15, 0.2) is 36.7 Å². The monoisotopic (exact) mass is 283 g/mol. The second-order valence-corrected chi connectivity index (χ2v) is 4.65. The van der Waals surface area contributed by atoms with Gasteiger partial charge in [-0.3, -0.25) is 4.98 Å². The Bertz CT molecular complexity index is 558. The molecule has 0 aliphatic heterocycles. The van der Waals surface area contributed by atoms with Gasteiger partial charge in [0, 0.05) is 12.3 Å². The van der Waals surface area contributed by atoms with Crippen molar-refractivity contribution in [3.05, 3.63) is 52.3 Å². The molecule has 0 saturated heterocycles. The molecule has 2 aromatic rings. The minimum Gasteiger partial charge on any atom is -0.454 e. The van der Waals surface area contributed by atoms with Gasteiger partial charge >= 0.3 is 0 Å². The number of benzene rings is 1. The number of ether oxygens (including phenoxy) is 1. The van der Waals surface area contributed by atoms with Crippen LogP contribution in [-0.2, 0) is 0 Å². The average molecular weight is 284 g/mol. The van der Waals surface area contributed by atoms with E-state index in [9.17, 15) is 5.11 Å². The maximum absolute atomic E-state index is 9.44. The lowest BCUT2D eigenvalue weighted by Gasteiger charge is -2.10. The van der Waals surface area contributed by atoms with Gasteiger partial charge in [0.05, 0.1) is 22.3 Å². The number of rotatable bonds is 3. The minimum atomic E-state index is -0.565. The largest absolute Gasteiger partial charge is 0.454 e. The van der Waals surface area contributed by atoms with Crippen molar-refractivity contribution in [1.82, 2.24) is 4.98 Å². The topological polar surface area (TPSA) is 42.4 Å². The Labute approximate surface area is 115 Å². The van der Waals surface area contributed by atoms with E-state index < -0.39 is 6.10 Å². The molecule has 0 bridgehead atoms. The molecule has 0 aliphatic rings. The highest BCUT2D eigenvalue weighted by Gasteiger charge is 2.08. The third kappa shape index (κ3) is 3.13. The standard InChI is InChI=1S/C13H11Cl2NO2/c1-8(17)9-2-3-13(12(15)4-9)18-11-5-10(14)6-16-7-11/h2-8,17H,1H3. The number of nitrogens with zero attached hydrogens (tertiary/aromatic N) is 1. The molecule has 0 spiro atoms. The van der Waals surface area contributed by atoms with E-state index in [1.165, 1.54) is 6.20 Å². The summed E-state index contributed by atoms with van der Waals surface area (Å²) in [6.07, 6.45) is 2.50. The molecular formula is C13H11Cl2NO2. The maximum Gasteiger partial charge on any atom is 0.147 e. The molecule has 1 N–H and O–H groups in total. The molecule has 18 heavy (non-hydrogen) atoms. The molecule has 0 aliphatic carbocycles. The van der Waals surface area contributed by atoms with Gasteiger partial charge in [0.25, 0.3) is 0 Å². The summed E-state index contributed by atoms with van der Waals surface area (Å²) in [4.78, 5) is 3.92. The normalized spacial score (nSPS) is 12.2. The Balaban J connectivity index is 2.24. The van der Waals surface area contributed by atoms with Gasteiger partial charge in [-0.15, -0.1) is 0 Å². The Morgan fingerprint density at radius 2 is 2.00 bits per heavy atom. The highest BCUT2D eigenvalue weighted by molar-refractivity contribution is 6.32. The summed E-state index contributed by atoms with van der Waals surface area (Å²) in [6, 6.07) is 6.77. The Kier molecular flexibility index (Phi) is 4.07. The fourth-order valence-electron chi connectivity index (χ4n) is 1.43. The fraction of sp³-hybridized carbons (Fsp3) is 0.154. The summed E-state index contributed by atoms with van der Waals surface area (Å²) in [5.74, 6) is 0.999. The van der Waals surface area contributed by atoms with E-state index in [0.717, 1.165) is 5.56 Å². The molecule has 94 valence electrons. The van der Waals surface area contributed by atoms with Gasteiger partial charge in [-0.25, -0.2) is 0 Å². The van der Waals surface area contributed by atoms with Crippen molar-refractivity contribution in [2.24, 2.45) is 0 Å². The first-order valence-electron chi connectivity index (χ1n) is 5.32. The van der Waals surface area contributed by atoms with Crippen LogP contribution in [0.1, 0.15) is 18.6 Å². The Hall–Kier alpha value is -1.29. The third-order valence-electron chi connectivity index (χ3n) is 2.35. The molecule has 1 atom stereocenters. The molecule has 5 heteroatoms. The van der Waals surface area contributed by atoms with E-state index in [1.807, 2.05) is 0 Å².